The van der Waals surface area contributed by atoms with Crippen molar-refractivity contribution in [1.29, 1.82) is 0 Å². The number of pyridine rings is 1. The molecule has 6 rings (SSSR count). The predicted molar refractivity (Wildman–Crippen MR) is 139 cm³/mol. The highest BCUT2D eigenvalue weighted by Crippen LogP contribution is 2.38. The maximum absolute atomic E-state index is 13.0. The SMILES string of the molecule is O=C(Nc1nc(C2CCCN2c2ccc(OC3COC3)cc2)cs1)c1cccn1Cc1ccncc1. The lowest BCUT2D eigenvalue weighted by Crippen LogP contribution is -2.38. The lowest BCUT2D eigenvalue weighted by atomic mass is 10.1. The molecule has 36 heavy (non-hydrogen) atoms. The van der Waals surface area contributed by atoms with Crippen molar-refractivity contribution in [3.8, 4) is 5.75 Å². The van der Waals surface area contributed by atoms with Crippen molar-refractivity contribution >= 4 is 28.1 Å². The molecule has 1 N–H and O–H groups in total. The molecule has 5 heterocycles. The van der Waals surface area contributed by atoms with E-state index < -0.39 is 0 Å². The third-order valence-corrected chi connectivity index (χ3v) is 7.36. The van der Waals surface area contributed by atoms with Gasteiger partial charge in [-0.1, -0.05) is 0 Å². The zero-order chi connectivity index (χ0) is 24.3. The Morgan fingerprint density at radius 3 is 2.75 bits per heavy atom. The van der Waals surface area contributed by atoms with Crippen LogP contribution in [0.2, 0.25) is 0 Å². The molecular weight excluding hydrogens is 474 g/mol. The highest BCUT2D eigenvalue weighted by molar-refractivity contribution is 7.14. The normalized spacial score (nSPS) is 17.7. The van der Waals surface area contributed by atoms with Crippen molar-refractivity contribution in [1.82, 2.24) is 14.5 Å². The molecule has 0 aliphatic carbocycles. The van der Waals surface area contributed by atoms with Gasteiger partial charge in [-0.25, -0.2) is 4.98 Å². The first-order chi connectivity index (χ1) is 17.7. The highest BCUT2D eigenvalue weighted by Gasteiger charge is 2.29. The van der Waals surface area contributed by atoms with Gasteiger partial charge in [0.15, 0.2) is 5.13 Å². The Bertz CT molecular complexity index is 1320. The quantitative estimate of drug-likeness (QED) is 0.375. The van der Waals surface area contributed by atoms with Crippen LogP contribution < -0.4 is 15.0 Å². The van der Waals surface area contributed by atoms with E-state index in [1.807, 2.05) is 47.2 Å². The number of nitrogens with zero attached hydrogens (tertiary/aromatic N) is 4. The van der Waals surface area contributed by atoms with E-state index in [0.717, 1.165) is 42.1 Å². The summed E-state index contributed by atoms with van der Waals surface area (Å²) in [5, 5.41) is 5.67. The van der Waals surface area contributed by atoms with Crippen LogP contribution in [0.1, 0.15) is 40.6 Å². The average molecular weight is 502 g/mol. The summed E-state index contributed by atoms with van der Waals surface area (Å²) >= 11 is 1.47. The van der Waals surface area contributed by atoms with Crippen LogP contribution in [0.25, 0.3) is 0 Å². The van der Waals surface area contributed by atoms with Crippen molar-refractivity contribution in [3.05, 3.63) is 89.5 Å². The largest absolute Gasteiger partial charge is 0.486 e. The Balaban J connectivity index is 1.12. The van der Waals surface area contributed by atoms with Gasteiger partial charge in [0.25, 0.3) is 5.91 Å². The van der Waals surface area contributed by atoms with E-state index in [0.29, 0.717) is 30.6 Å². The van der Waals surface area contributed by atoms with Gasteiger partial charge < -0.3 is 18.9 Å². The molecular formula is C27H27N5O3S. The Hall–Kier alpha value is -3.69. The lowest BCUT2D eigenvalue weighted by molar-refractivity contribution is -0.0796. The maximum Gasteiger partial charge on any atom is 0.274 e. The summed E-state index contributed by atoms with van der Waals surface area (Å²) in [6.45, 7) is 2.91. The fourth-order valence-electron chi connectivity index (χ4n) is 4.67. The van der Waals surface area contributed by atoms with Gasteiger partial charge in [-0.05, 0) is 66.9 Å². The summed E-state index contributed by atoms with van der Waals surface area (Å²) in [5.41, 5.74) is 3.83. The number of ether oxygens (including phenoxy) is 2. The van der Waals surface area contributed by atoms with Gasteiger partial charge >= 0.3 is 0 Å². The van der Waals surface area contributed by atoms with E-state index in [-0.39, 0.29) is 18.1 Å². The summed E-state index contributed by atoms with van der Waals surface area (Å²) in [6.07, 6.45) is 7.73. The minimum atomic E-state index is -0.161. The third kappa shape index (κ3) is 4.84. The number of nitrogens with one attached hydrogen (secondary N) is 1. The maximum atomic E-state index is 13.0. The fourth-order valence-corrected chi connectivity index (χ4v) is 5.43. The van der Waals surface area contributed by atoms with E-state index in [4.69, 9.17) is 14.5 Å². The number of anilines is 2. The Morgan fingerprint density at radius 2 is 1.97 bits per heavy atom. The third-order valence-electron chi connectivity index (χ3n) is 6.58. The minimum absolute atomic E-state index is 0.161. The highest BCUT2D eigenvalue weighted by atomic mass is 32.1. The predicted octanol–water partition coefficient (Wildman–Crippen LogP) is 4.76. The minimum Gasteiger partial charge on any atom is -0.486 e. The van der Waals surface area contributed by atoms with Gasteiger partial charge in [-0.3, -0.25) is 15.1 Å². The number of aromatic nitrogens is 3. The van der Waals surface area contributed by atoms with Crippen LogP contribution in [0.3, 0.4) is 0 Å². The van der Waals surface area contributed by atoms with Crippen LogP contribution in [0, 0.1) is 0 Å². The van der Waals surface area contributed by atoms with Crippen LogP contribution >= 0.6 is 11.3 Å². The zero-order valence-corrected chi connectivity index (χ0v) is 20.6. The lowest BCUT2D eigenvalue weighted by Gasteiger charge is -2.28. The second-order valence-electron chi connectivity index (χ2n) is 9.03. The number of rotatable bonds is 8. The smallest absolute Gasteiger partial charge is 0.274 e. The first-order valence-corrected chi connectivity index (χ1v) is 13.0. The van der Waals surface area contributed by atoms with Crippen molar-refractivity contribution in [2.45, 2.75) is 31.5 Å². The zero-order valence-electron chi connectivity index (χ0n) is 19.7. The van der Waals surface area contributed by atoms with Crippen molar-refractivity contribution in [3.63, 3.8) is 0 Å². The van der Waals surface area contributed by atoms with E-state index in [9.17, 15) is 4.79 Å². The van der Waals surface area contributed by atoms with Crippen molar-refractivity contribution < 1.29 is 14.3 Å². The van der Waals surface area contributed by atoms with Gasteiger partial charge in [0.05, 0.1) is 24.9 Å². The molecule has 1 atom stereocenters. The van der Waals surface area contributed by atoms with Crippen LogP contribution in [0.5, 0.6) is 5.75 Å². The van der Waals surface area contributed by atoms with Crippen molar-refractivity contribution in [2.75, 3.05) is 30.0 Å². The molecule has 2 aliphatic rings. The van der Waals surface area contributed by atoms with Crippen LogP contribution in [-0.2, 0) is 11.3 Å². The second kappa shape index (κ2) is 10.1. The van der Waals surface area contributed by atoms with E-state index in [1.54, 1.807) is 12.4 Å². The van der Waals surface area contributed by atoms with Crippen LogP contribution in [-0.4, -0.2) is 46.3 Å². The Morgan fingerprint density at radius 1 is 1.14 bits per heavy atom. The van der Waals surface area contributed by atoms with Crippen molar-refractivity contribution in [2.24, 2.45) is 0 Å². The molecule has 0 spiro atoms. The summed E-state index contributed by atoms with van der Waals surface area (Å²) in [6, 6.07) is 16.1. The molecule has 2 fully saturated rings. The number of amides is 1. The summed E-state index contributed by atoms with van der Waals surface area (Å²) in [7, 11) is 0. The molecule has 2 aliphatic heterocycles. The molecule has 4 aromatic rings. The molecule has 9 heteroatoms. The molecule has 184 valence electrons. The summed E-state index contributed by atoms with van der Waals surface area (Å²) < 4.78 is 13.0. The second-order valence-corrected chi connectivity index (χ2v) is 9.89. The topological polar surface area (TPSA) is 81.5 Å². The average Bonchev–Trinajstić information content (AvgIpc) is 3.63. The number of benzene rings is 1. The van der Waals surface area contributed by atoms with Gasteiger partial charge in [0.1, 0.15) is 17.5 Å². The monoisotopic (exact) mass is 501 g/mol. The number of hydrogen-bond donors (Lipinski definition) is 1. The standard InChI is InChI=1S/C27H27N5O3S/c33-26(25-4-1-13-31(25)15-19-9-11-28-12-10-19)30-27-29-23(18-36-27)24-3-2-14-32(24)20-5-7-21(8-6-20)35-22-16-34-17-22/h1,4-13,18,22,24H,2-3,14-17H2,(H,29,30,33). The van der Waals surface area contributed by atoms with E-state index >= 15 is 0 Å². The Labute approximate surface area is 213 Å². The molecule has 8 nitrogen and oxygen atoms in total. The van der Waals surface area contributed by atoms with E-state index in [1.165, 1.54) is 11.3 Å². The molecule has 1 amide bonds. The van der Waals surface area contributed by atoms with E-state index in [2.05, 4.69) is 32.7 Å². The first kappa shape index (κ1) is 22.8. The van der Waals surface area contributed by atoms with Gasteiger partial charge in [0.2, 0.25) is 0 Å². The van der Waals surface area contributed by atoms with Crippen LogP contribution in [0.4, 0.5) is 10.8 Å². The molecule has 0 saturated carbocycles. The fraction of sp³-hybridized carbons (Fsp3) is 0.296. The number of thiazole rings is 1. The molecule has 0 bridgehead atoms. The summed E-state index contributed by atoms with van der Waals surface area (Å²) in [4.78, 5) is 24.3. The number of carbonyl (C=O) groups excluding carboxylic acids is 1. The first-order valence-electron chi connectivity index (χ1n) is 12.1. The van der Waals surface area contributed by atoms with Crippen LogP contribution in [0.15, 0.2) is 72.5 Å². The molecule has 1 aromatic carbocycles. The number of hydrogen-bond acceptors (Lipinski definition) is 7. The van der Waals surface area contributed by atoms with Gasteiger partial charge in [0, 0.05) is 42.7 Å². The summed E-state index contributed by atoms with van der Waals surface area (Å²) in [5.74, 6) is 0.709. The molecule has 1 unspecified atom stereocenters. The van der Waals surface area contributed by atoms with Gasteiger partial charge in [-0.15, -0.1) is 11.3 Å². The Kier molecular flexibility index (Phi) is 6.40. The molecule has 0 radical (unpaired) electrons. The van der Waals surface area contributed by atoms with Gasteiger partial charge in [-0.2, -0.15) is 0 Å². The molecule has 3 aromatic heterocycles. The molecule has 2 saturated heterocycles. The number of carbonyl (C=O) groups is 1.